The number of para-hydroxylation sites is 2. The monoisotopic (exact) mass is 262 g/mol. The maximum atomic E-state index is 5.89. The van der Waals surface area contributed by atoms with E-state index in [1.807, 2.05) is 24.3 Å². The molecule has 0 spiro atoms. The molecule has 1 N–H and O–H groups in total. The van der Waals surface area contributed by atoms with Crippen molar-refractivity contribution in [3.05, 3.63) is 65.7 Å². The molecule has 0 fully saturated rings. The van der Waals surface area contributed by atoms with Crippen LogP contribution in [0.1, 0.15) is 17.1 Å². The number of fused-ring (bicyclic) bond motifs is 2. The lowest BCUT2D eigenvalue weighted by Gasteiger charge is -1.91. The highest BCUT2D eigenvalue weighted by Gasteiger charge is 2.08. The van der Waals surface area contributed by atoms with Crippen LogP contribution in [0.2, 0.25) is 0 Å². The van der Waals surface area contributed by atoms with Crippen molar-refractivity contribution in [3.8, 4) is 0 Å². The molecule has 0 aliphatic carbocycles. The summed E-state index contributed by atoms with van der Waals surface area (Å²) >= 11 is 0. The van der Waals surface area contributed by atoms with Crippen molar-refractivity contribution >= 4 is 22.0 Å². The number of hydrogen-bond donors (Lipinski definition) is 1. The lowest BCUT2D eigenvalue weighted by Crippen LogP contribution is -1.87. The number of furan rings is 1. The topological polar surface area (TPSA) is 41.8 Å². The van der Waals surface area contributed by atoms with E-state index in [4.69, 9.17) is 4.42 Å². The van der Waals surface area contributed by atoms with Crippen LogP contribution in [0, 0.1) is 6.92 Å². The summed E-state index contributed by atoms with van der Waals surface area (Å²) in [7, 11) is 0. The van der Waals surface area contributed by atoms with Crippen molar-refractivity contribution in [1.29, 1.82) is 0 Å². The van der Waals surface area contributed by atoms with Gasteiger partial charge in [0.2, 0.25) is 0 Å². The predicted molar refractivity (Wildman–Crippen MR) is 79.9 cm³/mol. The third-order valence-electron chi connectivity index (χ3n) is 3.51. The van der Waals surface area contributed by atoms with E-state index in [1.54, 1.807) is 0 Å². The van der Waals surface area contributed by atoms with Crippen LogP contribution in [0.4, 0.5) is 0 Å². The highest BCUT2D eigenvalue weighted by molar-refractivity contribution is 5.79. The molecule has 0 unspecified atom stereocenters. The van der Waals surface area contributed by atoms with E-state index in [1.165, 1.54) is 5.56 Å². The van der Waals surface area contributed by atoms with Gasteiger partial charge in [0, 0.05) is 5.39 Å². The molecule has 0 aliphatic heterocycles. The lowest BCUT2D eigenvalue weighted by atomic mass is 10.2. The van der Waals surface area contributed by atoms with Gasteiger partial charge in [-0.1, -0.05) is 24.3 Å². The Morgan fingerprint density at radius 2 is 2.00 bits per heavy atom. The van der Waals surface area contributed by atoms with E-state index < -0.39 is 0 Å². The van der Waals surface area contributed by atoms with E-state index in [0.29, 0.717) is 6.42 Å². The molecular weight excluding hydrogens is 248 g/mol. The fraction of sp³-hybridized carbons (Fsp3) is 0.118. The largest absolute Gasteiger partial charge is 0.461 e. The first kappa shape index (κ1) is 11.3. The van der Waals surface area contributed by atoms with Crippen LogP contribution < -0.4 is 0 Å². The molecule has 3 heteroatoms. The molecular formula is C17H14N2O. The maximum absolute atomic E-state index is 5.89. The van der Waals surface area contributed by atoms with Crippen LogP contribution in [0.25, 0.3) is 22.0 Å². The van der Waals surface area contributed by atoms with Crippen LogP contribution in [-0.4, -0.2) is 9.97 Å². The fourth-order valence-corrected chi connectivity index (χ4v) is 2.53. The molecule has 0 aliphatic rings. The van der Waals surface area contributed by atoms with Gasteiger partial charge < -0.3 is 9.40 Å². The van der Waals surface area contributed by atoms with Gasteiger partial charge in [0.25, 0.3) is 0 Å². The number of rotatable bonds is 2. The molecule has 3 nitrogen and oxygen atoms in total. The van der Waals surface area contributed by atoms with Crippen molar-refractivity contribution in [2.45, 2.75) is 13.3 Å². The van der Waals surface area contributed by atoms with Crippen molar-refractivity contribution in [3.63, 3.8) is 0 Å². The zero-order valence-corrected chi connectivity index (χ0v) is 11.2. The van der Waals surface area contributed by atoms with Gasteiger partial charge in [0.1, 0.15) is 17.2 Å². The molecule has 0 radical (unpaired) electrons. The maximum Gasteiger partial charge on any atom is 0.134 e. The summed E-state index contributed by atoms with van der Waals surface area (Å²) in [5.74, 6) is 1.87. The summed E-state index contributed by atoms with van der Waals surface area (Å²) in [5.41, 5.74) is 4.21. The number of imidazole rings is 1. The number of aromatic nitrogens is 2. The second-order valence-electron chi connectivity index (χ2n) is 5.13. The van der Waals surface area contributed by atoms with E-state index in [0.717, 1.165) is 33.6 Å². The number of aryl methyl sites for hydroxylation is 1. The van der Waals surface area contributed by atoms with Gasteiger partial charge in [-0.15, -0.1) is 0 Å². The summed E-state index contributed by atoms with van der Waals surface area (Å²) in [4.78, 5) is 7.91. The number of benzene rings is 2. The lowest BCUT2D eigenvalue weighted by molar-refractivity contribution is 0.558. The van der Waals surface area contributed by atoms with Crippen molar-refractivity contribution < 1.29 is 4.42 Å². The van der Waals surface area contributed by atoms with Crippen LogP contribution in [0.3, 0.4) is 0 Å². The molecule has 98 valence electrons. The summed E-state index contributed by atoms with van der Waals surface area (Å²) in [6.07, 6.45) is 0.683. The minimum Gasteiger partial charge on any atom is -0.461 e. The van der Waals surface area contributed by atoms with Crippen molar-refractivity contribution in [1.82, 2.24) is 9.97 Å². The fourth-order valence-electron chi connectivity index (χ4n) is 2.53. The van der Waals surface area contributed by atoms with E-state index in [-0.39, 0.29) is 0 Å². The third-order valence-corrected chi connectivity index (χ3v) is 3.51. The number of aromatic amines is 1. The average molecular weight is 262 g/mol. The highest BCUT2D eigenvalue weighted by atomic mass is 16.3. The Bertz CT molecular complexity index is 869. The van der Waals surface area contributed by atoms with Crippen LogP contribution in [0.5, 0.6) is 0 Å². The Labute approximate surface area is 116 Å². The molecule has 2 heterocycles. The third kappa shape index (κ3) is 1.88. The molecule has 0 atom stereocenters. The summed E-state index contributed by atoms with van der Waals surface area (Å²) in [6, 6.07) is 16.4. The number of hydrogen-bond acceptors (Lipinski definition) is 2. The molecule has 0 bridgehead atoms. The summed E-state index contributed by atoms with van der Waals surface area (Å²) in [5, 5.41) is 1.14. The van der Waals surface area contributed by atoms with Crippen LogP contribution in [-0.2, 0) is 6.42 Å². The first-order chi connectivity index (χ1) is 9.78. The number of nitrogens with zero attached hydrogens (tertiary/aromatic N) is 1. The first-order valence-corrected chi connectivity index (χ1v) is 6.71. The van der Waals surface area contributed by atoms with Gasteiger partial charge in [0.05, 0.1) is 17.5 Å². The summed E-state index contributed by atoms with van der Waals surface area (Å²) < 4.78 is 5.89. The molecule has 4 aromatic rings. The zero-order valence-electron chi connectivity index (χ0n) is 11.2. The summed E-state index contributed by atoms with van der Waals surface area (Å²) in [6.45, 7) is 2.07. The second-order valence-corrected chi connectivity index (χ2v) is 5.13. The Hall–Kier alpha value is -2.55. The standard InChI is InChI=1S/C17H14N2O/c1-11-6-7-12-9-13(20-16(12)8-11)10-17-18-14-4-2-3-5-15(14)19-17/h2-9H,10H2,1H3,(H,18,19). The van der Waals surface area contributed by atoms with Gasteiger partial charge in [-0.25, -0.2) is 4.98 Å². The van der Waals surface area contributed by atoms with E-state index in [9.17, 15) is 0 Å². The van der Waals surface area contributed by atoms with Crippen LogP contribution in [0.15, 0.2) is 52.9 Å². The molecule has 0 saturated carbocycles. The minimum absolute atomic E-state index is 0.683. The Morgan fingerprint density at radius 1 is 1.10 bits per heavy atom. The van der Waals surface area contributed by atoms with Gasteiger partial charge >= 0.3 is 0 Å². The Kier molecular flexibility index (Phi) is 2.39. The number of H-pyrrole nitrogens is 1. The normalized spacial score (nSPS) is 11.4. The van der Waals surface area contributed by atoms with Gasteiger partial charge in [0.15, 0.2) is 0 Å². The van der Waals surface area contributed by atoms with Crippen LogP contribution >= 0.6 is 0 Å². The first-order valence-electron chi connectivity index (χ1n) is 6.71. The molecule has 2 aromatic heterocycles. The predicted octanol–water partition coefficient (Wildman–Crippen LogP) is 4.21. The molecule has 4 rings (SSSR count). The van der Waals surface area contributed by atoms with Gasteiger partial charge in [-0.3, -0.25) is 0 Å². The molecule has 0 saturated heterocycles. The number of nitrogens with one attached hydrogen (secondary N) is 1. The minimum atomic E-state index is 0.683. The van der Waals surface area contributed by atoms with E-state index in [2.05, 4.69) is 41.2 Å². The zero-order chi connectivity index (χ0) is 13.5. The van der Waals surface area contributed by atoms with Gasteiger partial charge in [-0.2, -0.15) is 0 Å². The Morgan fingerprint density at radius 3 is 2.90 bits per heavy atom. The molecule has 2 aromatic carbocycles. The van der Waals surface area contributed by atoms with E-state index >= 15 is 0 Å². The van der Waals surface area contributed by atoms with Crippen molar-refractivity contribution in [2.24, 2.45) is 0 Å². The average Bonchev–Trinajstić information content (AvgIpc) is 3.00. The van der Waals surface area contributed by atoms with Gasteiger partial charge in [-0.05, 0) is 36.8 Å². The SMILES string of the molecule is Cc1ccc2cc(Cc3nc4ccccc4[nH]3)oc2c1. The smallest absolute Gasteiger partial charge is 0.134 e. The highest BCUT2D eigenvalue weighted by Crippen LogP contribution is 2.22. The molecule has 20 heavy (non-hydrogen) atoms. The quantitative estimate of drug-likeness (QED) is 0.588. The van der Waals surface area contributed by atoms with Crippen molar-refractivity contribution in [2.75, 3.05) is 0 Å². The second kappa shape index (κ2) is 4.23. The molecule has 0 amide bonds. The Balaban J connectivity index is 1.72.